The molecule has 80 valence electrons. The second kappa shape index (κ2) is 9.66. The standard InChI is InChI=1S/C6H6O4.H3O3P/c7-5(8)3-1-2-4-6(9)10;1-4(2)3/h1-4H,(H,7,8)(H,9,10);4H,(H2,1,2,3)/b3-1+,4-2+;. The maximum atomic E-state index is 9.78. The summed E-state index contributed by atoms with van der Waals surface area (Å²) in [7, 11) is -3.13. The Kier molecular flexibility index (Phi) is 10.4. The molecule has 0 amide bonds. The minimum Gasteiger partial charge on any atom is -0.478 e. The fourth-order valence-electron chi connectivity index (χ4n) is 0.276. The summed E-state index contributed by atoms with van der Waals surface area (Å²) in [4.78, 5) is 33.9. The normalized spacial score (nSPS) is 10.2. The van der Waals surface area contributed by atoms with Gasteiger partial charge in [0.05, 0.1) is 0 Å². The van der Waals surface area contributed by atoms with Crippen molar-refractivity contribution < 1.29 is 34.2 Å². The van der Waals surface area contributed by atoms with Gasteiger partial charge < -0.3 is 20.0 Å². The molecule has 0 heterocycles. The average molecular weight is 224 g/mol. The molecule has 0 aliphatic rings. The van der Waals surface area contributed by atoms with Gasteiger partial charge in [-0.15, -0.1) is 0 Å². The van der Waals surface area contributed by atoms with E-state index in [4.69, 9.17) is 24.6 Å². The SMILES string of the molecule is O=C(O)/C=C/C=C/C(=O)O.O=[PH](O)O. The molecule has 0 aliphatic heterocycles. The fraction of sp³-hybridized carbons (Fsp3) is 0. The zero-order valence-corrected chi connectivity index (χ0v) is 7.82. The number of carbonyl (C=O) groups is 2. The van der Waals surface area contributed by atoms with Gasteiger partial charge in [0.25, 0.3) is 0 Å². The van der Waals surface area contributed by atoms with Crippen molar-refractivity contribution in [3.8, 4) is 0 Å². The highest BCUT2D eigenvalue weighted by Gasteiger charge is 1.83. The van der Waals surface area contributed by atoms with Crippen molar-refractivity contribution in [2.24, 2.45) is 0 Å². The van der Waals surface area contributed by atoms with Crippen LogP contribution in [0.1, 0.15) is 0 Å². The van der Waals surface area contributed by atoms with Crippen LogP contribution in [-0.4, -0.2) is 31.9 Å². The maximum Gasteiger partial charge on any atom is 0.328 e. The van der Waals surface area contributed by atoms with Crippen LogP contribution in [0.25, 0.3) is 0 Å². The lowest BCUT2D eigenvalue weighted by Crippen LogP contribution is -1.86. The van der Waals surface area contributed by atoms with E-state index >= 15 is 0 Å². The van der Waals surface area contributed by atoms with Gasteiger partial charge in [0, 0.05) is 12.2 Å². The van der Waals surface area contributed by atoms with Crippen molar-refractivity contribution in [3.63, 3.8) is 0 Å². The maximum absolute atomic E-state index is 9.78. The minimum atomic E-state index is -3.13. The van der Waals surface area contributed by atoms with E-state index in [1.54, 1.807) is 0 Å². The summed E-state index contributed by atoms with van der Waals surface area (Å²) >= 11 is 0. The van der Waals surface area contributed by atoms with Crippen LogP contribution in [0, 0.1) is 0 Å². The Bertz CT molecular complexity index is 241. The Morgan fingerprint density at radius 2 is 1.14 bits per heavy atom. The molecule has 0 aromatic heterocycles. The molecule has 0 atom stereocenters. The third-order valence-corrected chi connectivity index (χ3v) is 0.589. The van der Waals surface area contributed by atoms with Crippen molar-refractivity contribution in [2.75, 3.05) is 0 Å². The van der Waals surface area contributed by atoms with E-state index in [1.165, 1.54) is 0 Å². The first kappa shape index (κ1) is 15.1. The second-order valence-corrected chi connectivity index (χ2v) is 2.24. The number of carboxylic acids is 2. The summed E-state index contributed by atoms with van der Waals surface area (Å²) in [5, 5.41) is 16.0. The molecule has 7 nitrogen and oxygen atoms in total. The highest BCUT2D eigenvalue weighted by molar-refractivity contribution is 7.30. The van der Waals surface area contributed by atoms with Crippen LogP contribution in [0.3, 0.4) is 0 Å². The van der Waals surface area contributed by atoms with E-state index in [0.29, 0.717) is 0 Å². The van der Waals surface area contributed by atoms with E-state index in [9.17, 15) is 9.59 Å². The second-order valence-electron chi connectivity index (χ2n) is 1.68. The van der Waals surface area contributed by atoms with Crippen molar-refractivity contribution in [2.45, 2.75) is 0 Å². The van der Waals surface area contributed by atoms with Crippen LogP contribution in [0.5, 0.6) is 0 Å². The van der Waals surface area contributed by atoms with Crippen molar-refractivity contribution in [1.82, 2.24) is 0 Å². The Morgan fingerprint density at radius 1 is 0.929 bits per heavy atom. The summed E-state index contributed by atoms with van der Waals surface area (Å²) in [5.74, 6) is -2.20. The van der Waals surface area contributed by atoms with Crippen LogP contribution in [0.15, 0.2) is 24.3 Å². The number of allylic oxidation sites excluding steroid dienone is 2. The van der Waals surface area contributed by atoms with Crippen LogP contribution in [0.4, 0.5) is 0 Å². The number of rotatable bonds is 3. The van der Waals surface area contributed by atoms with Gasteiger partial charge in [-0.05, 0) is 0 Å². The lowest BCUT2D eigenvalue weighted by molar-refractivity contribution is -0.132. The van der Waals surface area contributed by atoms with Gasteiger partial charge in [-0.25, -0.2) is 9.59 Å². The van der Waals surface area contributed by atoms with Crippen LogP contribution >= 0.6 is 8.25 Å². The first-order valence-corrected chi connectivity index (χ1v) is 4.39. The molecule has 0 saturated carbocycles. The monoisotopic (exact) mass is 224 g/mol. The van der Waals surface area contributed by atoms with Crippen molar-refractivity contribution in [3.05, 3.63) is 24.3 Å². The fourth-order valence-corrected chi connectivity index (χ4v) is 0.276. The first-order chi connectivity index (χ1) is 6.36. The summed E-state index contributed by atoms with van der Waals surface area (Å²) in [5.41, 5.74) is 0. The van der Waals surface area contributed by atoms with E-state index in [2.05, 4.69) is 0 Å². The lowest BCUT2D eigenvalue weighted by Gasteiger charge is -1.75. The number of aliphatic carboxylic acids is 2. The lowest BCUT2D eigenvalue weighted by atomic mass is 10.4. The molecule has 0 aromatic carbocycles. The third-order valence-electron chi connectivity index (χ3n) is 0.589. The van der Waals surface area contributed by atoms with E-state index in [0.717, 1.165) is 24.3 Å². The minimum absolute atomic E-state index is 0.847. The van der Waals surface area contributed by atoms with Crippen LogP contribution < -0.4 is 0 Å². The average Bonchev–Trinajstić information content (AvgIpc) is 1.96. The predicted molar refractivity (Wildman–Crippen MR) is 47.0 cm³/mol. The van der Waals surface area contributed by atoms with Gasteiger partial charge in [-0.3, -0.25) is 4.57 Å². The molecule has 0 unspecified atom stereocenters. The molecule has 0 fully saturated rings. The van der Waals surface area contributed by atoms with Crippen molar-refractivity contribution in [1.29, 1.82) is 0 Å². The third kappa shape index (κ3) is 31.2. The zero-order valence-electron chi connectivity index (χ0n) is 6.82. The van der Waals surface area contributed by atoms with Gasteiger partial charge >= 0.3 is 20.2 Å². The molecular weight excluding hydrogens is 215 g/mol. The van der Waals surface area contributed by atoms with Gasteiger partial charge in [-0.1, -0.05) is 12.2 Å². The molecule has 0 aliphatic carbocycles. The zero-order chi connectivity index (χ0) is 11.6. The molecule has 0 spiro atoms. The van der Waals surface area contributed by atoms with E-state index < -0.39 is 20.2 Å². The van der Waals surface area contributed by atoms with Crippen LogP contribution in [-0.2, 0) is 14.2 Å². The number of carboxylic acid groups (broad SMARTS) is 2. The molecular formula is C6H9O7P. The highest BCUT2D eigenvalue weighted by atomic mass is 31.1. The smallest absolute Gasteiger partial charge is 0.328 e. The molecule has 0 saturated heterocycles. The molecule has 4 N–H and O–H groups in total. The number of hydrogen-bond acceptors (Lipinski definition) is 3. The van der Waals surface area contributed by atoms with E-state index in [-0.39, 0.29) is 0 Å². The van der Waals surface area contributed by atoms with E-state index in [1.807, 2.05) is 0 Å². The van der Waals surface area contributed by atoms with Gasteiger partial charge in [0.15, 0.2) is 0 Å². The first-order valence-electron chi connectivity index (χ1n) is 3.08. The van der Waals surface area contributed by atoms with Gasteiger partial charge in [0.2, 0.25) is 0 Å². The van der Waals surface area contributed by atoms with Gasteiger partial charge in [0.1, 0.15) is 0 Å². The quantitative estimate of drug-likeness (QED) is 0.292. The molecule has 0 aromatic rings. The van der Waals surface area contributed by atoms with Crippen molar-refractivity contribution >= 4 is 20.2 Å². The van der Waals surface area contributed by atoms with Gasteiger partial charge in [-0.2, -0.15) is 0 Å². The molecule has 0 radical (unpaired) electrons. The largest absolute Gasteiger partial charge is 0.478 e. The summed E-state index contributed by atoms with van der Waals surface area (Å²) < 4.78 is 8.74. The summed E-state index contributed by atoms with van der Waals surface area (Å²) in [6, 6.07) is 0. The Balaban J connectivity index is 0. The van der Waals surface area contributed by atoms with Crippen LogP contribution in [0.2, 0.25) is 0 Å². The number of hydrogen-bond donors (Lipinski definition) is 4. The molecule has 14 heavy (non-hydrogen) atoms. The molecule has 0 rings (SSSR count). The Hall–Kier alpha value is -1.43. The predicted octanol–water partition coefficient (Wildman–Crippen LogP) is -0.371. The topological polar surface area (TPSA) is 132 Å². The Labute approximate surface area is 79.6 Å². The summed E-state index contributed by atoms with van der Waals surface area (Å²) in [6.07, 6.45) is 3.96. The summed E-state index contributed by atoms with van der Waals surface area (Å²) in [6.45, 7) is 0. The molecule has 0 bridgehead atoms. The highest BCUT2D eigenvalue weighted by Crippen LogP contribution is 1.98. The Morgan fingerprint density at radius 3 is 1.29 bits per heavy atom. The molecule has 8 heteroatoms.